The summed E-state index contributed by atoms with van der Waals surface area (Å²) in [5, 5.41) is 1.53. The number of allylic oxidation sites excluding steroid dienone is 1. The zero-order chi connectivity index (χ0) is 14.3. The lowest BCUT2D eigenvalue weighted by atomic mass is 9.96. The van der Waals surface area contributed by atoms with Crippen molar-refractivity contribution in [3.63, 3.8) is 0 Å². The predicted molar refractivity (Wildman–Crippen MR) is 92.2 cm³/mol. The summed E-state index contributed by atoms with van der Waals surface area (Å²) in [6.07, 6.45) is 3.41. The zero-order valence-corrected chi connectivity index (χ0v) is 13.8. The van der Waals surface area contributed by atoms with Crippen molar-refractivity contribution in [1.82, 2.24) is 0 Å². The summed E-state index contributed by atoms with van der Waals surface area (Å²) in [6.45, 7) is 9.42. The highest BCUT2D eigenvalue weighted by Gasteiger charge is 2.17. The maximum atomic E-state index is 2.40. The fourth-order valence-electron chi connectivity index (χ4n) is 2.95. The van der Waals surface area contributed by atoms with Gasteiger partial charge in [-0.3, -0.25) is 0 Å². The van der Waals surface area contributed by atoms with E-state index in [0.717, 1.165) is 6.42 Å². The molecule has 1 aliphatic carbocycles. The Balaban J connectivity index is 2.02. The van der Waals surface area contributed by atoms with Crippen molar-refractivity contribution in [2.75, 3.05) is 0 Å². The fraction of sp³-hybridized carbons (Fsp3) is 0.263. The van der Waals surface area contributed by atoms with Crippen molar-refractivity contribution in [3.8, 4) is 11.1 Å². The van der Waals surface area contributed by atoms with E-state index in [-0.39, 0.29) is 0 Å². The molecule has 0 radical (unpaired) electrons. The van der Waals surface area contributed by atoms with Gasteiger partial charge >= 0.3 is 0 Å². The first-order valence-electron chi connectivity index (χ1n) is 7.35. The van der Waals surface area contributed by atoms with E-state index in [4.69, 9.17) is 0 Å². The second-order valence-corrected chi connectivity index (χ2v) is 11.9. The van der Waals surface area contributed by atoms with Gasteiger partial charge in [0.25, 0.3) is 0 Å². The van der Waals surface area contributed by atoms with Gasteiger partial charge in [0.05, 0.1) is 8.07 Å². The second-order valence-electron chi connectivity index (χ2n) is 6.87. The van der Waals surface area contributed by atoms with Crippen molar-refractivity contribution in [1.29, 1.82) is 0 Å². The van der Waals surface area contributed by atoms with Crippen LogP contribution in [0.15, 0.2) is 48.0 Å². The van der Waals surface area contributed by atoms with E-state index in [1.165, 1.54) is 33.0 Å². The van der Waals surface area contributed by atoms with Crippen LogP contribution in [0.5, 0.6) is 0 Å². The smallest absolute Gasteiger partial charge is 0.0683 e. The van der Waals surface area contributed by atoms with Gasteiger partial charge in [0, 0.05) is 0 Å². The van der Waals surface area contributed by atoms with Gasteiger partial charge in [-0.1, -0.05) is 78.9 Å². The summed E-state index contributed by atoms with van der Waals surface area (Å²) in [5.74, 6) is 0. The molecular formula is C19H22Si. The van der Waals surface area contributed by atoms with Crippen LogP contribution in [-0.4, -0.2) is 8.07 Å². The van der Waals surface area contributed by atoms with Crippen LogP contribution in [0.25, 0.3) is 17.2 Å². The molecule has 0 atom stereocenters. The molecule has 0 saturated heterocycles. The molecule has 1 heteroatoms. The zero-order valence-electron chi connectivity index (χ0n) is 12.8. The average molecular weight is 278 g/mol. The van der Waals surface area contributed by atoms with Crippen LogP contribution in [0, 0.1) is 0 Å². The van der Waals surface area contributed by atoms with Gasteiger partial charge in [0.15, 0.2) is 0 Å². The molecule has 0 aliphatic heterocycles. The SMILES string of the molecule is CC1=Cc2cccc(-c3ccc([Si](C)(C)C)cc3)c2C1. The molecule has 0 heterocycles. The van der Waals surface area contributed by atoms with Crippen LogP contribution in [0.3, 0.4) is 0 Å². The maximum Gasteiger partial charge on any atom is 0.0775 e. The van der Waals surface area contributed by atoms with Gasteiger partial charge in [-0.15, -0.1) is 0 Å². The van der Waals surface area contributed by atoms with Gasteiger partial charge in [-0.2, -0.15) is 0 Å². The molecule has 102 valence electrons. The Kier molecular flexibility index (Phi) is 3.18. The first-order valence-corrected chi connectivity index (χ1v) is 10.8. The van der Waals surface area contributed by atoms with E-state index in [9.17, 15) is 0 Å². The molecule has 0 aromatic heterocycles. The highest BCUT2D eigenvalue weighted by atomic mass is 28.3. The van der Waals surface area contributed by atoms with E-state index in [0.29, 0.717) is 0 Å². The Morgan fingerprint density at radius 2 is 1.60 bits per heavy atom. The molecule has 0 fully saturated rings. The van der Waals surface area contributed by atoms with E-state index in [1.807, 2.05) is 0 Å². The molecule has 0 saturated carbocycles. The Bertz CT molecular complexity index is 670. The van der Waals surface area contributed by atoms with Crippen molar-refractivity contribution < 1.29 is 0 Å². The molecule has 1 aliphatic rings. The van der Waals surface area contributed by atoms with Gasteiger partial charge in [0.2, 0.25) is 0 Å². The third-order valence-corrected chi connectivity index (χ3v) is 6.20. The first kappa shape index (κ1) is 13.4. The molecule has 2 aromatic carbocycles. The van der Waals surface area contributed by atoms with Crippen molar-refractivity contribution in [2.45, 2.75) is 33.0 Å². The molecule has 20 heavy (non-hydrogen) atoms. The van der Waals surface area contributed by atoms with Crippen LogP contribution in [-0.2, 0) is 6.42 Å². The van der Waals surface area contributed by atoms with Crippen LogP contribution < -0.4 is 5.19 Å². The van der Waals surface area contributed by atoms with E-state index in [2.05, 4.69) is 75.1 Å². The Labute approximate surface area is 123 Å². The quantitative estimate of drug-likeness (QED) is 0.688. The minimum Gasteiger partial charge on any atom is -0.0683 e. The molecule has 0 unspecified atom stereocenters. The van der Waals surface area contributed by atoms with Gasteiger partial charge in [0.1, 0.15) is 0 Å². The summed E-state index contributed by atoms with van der Waals surface area (Å²) >= 11 is 0. The lowest BCUT2D eigenvalue weighted by molar-refractivity contribution is 1.20. The molecule has 0 nitrogen and oxygen atoms in total. The molecule has 0 spiro atoms. The summed E-state index contributed by atoms with van der Waals surface area (Å²) in [7, 11) is -1.20. The van der Waals surface area contributed by atoms with Crippen LogP contribution in [0.2, 0.25) is 19.6 Å². The molecular weight excluding hydrogens is 256 g/mol. The van der Waals surface area contributed by atoms with E-state index >= 15 is 0 Å². The maximum absolute atomic E-state index is 2.40. The molecule has 2 aromatic rings. The summed E-state index contributed by atoms with van der Waals surface area (Å²) in [4.78, 5) is 0. The van der Waals surface area contributed by atoms with Crippen molar-refractivity contribution in [2.24, 2.45) is 0 Å². The summed E-state index contributed by atoms with van der Waals surface area (Å²) in [6, 6.07) is 15.9. The minimum atomic E-state index is -1.20. The predicted octanol–water partition coefficient (Wildman–Crippen LogP) is 4.86. The minimum absolute atomic E-state index is 1.10. The molecule has 0 amide bonds. The monoisotopic (exact) mass is 278 g/mol. The van der Waals surface area contributed by atoms with Gasteiger partial charge < -0.3 is 0 Å². The van der Waals surface area contributed by atoms with Gasteiger partial charge in [-0.25, -0.2) is 0 Å². The lowest BCUT2D eigenvalue weighted by Gasteiger charge is -2.17. The lowest BCUT2D eigenvalue weighted by Crippen LogP contribution is -2.37. The van der Waals surface area contributed by atoms with Crippen molar-refractivity contribution in [3.05, 3.63) is 59.2 Å². The third kappa shape index (κ3) is 2.38. The number of hydrogen-bond donors (Lipinski definition) is 0. The average Bonchev–Trinajstić information content (AvgIpc) is 2.78. The summed E-state index contributed by atoms with van der Waals surface area (Å²) in [5.41, 5.74) is 7.11. The van der Waals surface area contributed by atoms with Crippen LogP contribution in [0.1, 0.15) is 18.1 Å². The van der Waals surface area contributed by atoms with Crippen molar-refractivity contribution >= 4 is 19.3 Å². The second kappa shape index (κ2) is 4.74. The molecule has 3 rings (SSSR count). The normalized spacial score (nSPS) is 14.1. The van der Waals surface area contributed by atoms with E-state index < -0.39 is 8.07 Å². The summed E-state index contributed by atoms with van der Waals surface area (Å²) < 4.78 is 0. The highest BCUT2D eigenvalue weighted by Crippen LogP contribution is 2.33. The van der Waals surface area contributed by atoms with E-state index in [1.54, 1.807) is 0 Å². The number of fused-ring (bicyclic) bond motifs is 1. The molecule has 0 bridgehead atoms. The standard InChI is InChI=1S/C19H22Si/c1-14-12-16-6-5-7-18(19(16)13-14)15-8-10-17(11-9-15)20(2,3)4/h5-12H,13H2,1-4H3. The Morgan fingerprint density at radius 1 is 0.900 bits per heavy atom. The number of hydrogen-bond acceptors (Lipinski definition) is 0. The Hall–Kier alpha value is -1.60. The first-order chi connectivity index (χ1) is 9.45. The van der Waals surface area contributed by atoms with Crippen LogP contribution in [0.4, 0.5) is 0 Å². The topological polar surface area (TPSA) is 0 Å². The largest absolute Gasteiger partial charge is 0.0775 e. The van der Waals surface area contributed by atoms with Gasteiger partial charge in [-0.05, 0) is 35.6 Å². The third-order valence-electron chi connectivity index (χ3n) is 4.13. The fourth-order valence-corrected chi connectivity index (χ4v) is 4.12. The number of benzene rings is 2. The number of rotatable bonds is 2. The Morgan fingerprint density at radius 3 is 2.25 bits per heavy atom. The molecule has 0 N–H and O–H groups in total. The van der Waals surface area contributed by atoms with Crippen LogP contribution >= 0.6 is 0 Å². The highest BCUT2D eigenvalue weighted by molar-refractivity contribution is 6.88.